The second kappa shape index (κ2) is 7.95. The van der Waals surface area contributed by atoms with E-state index >= 15 is 0 Å². The Morgan fingerprint density at radius 1 is 1.16 bits per heavy atom. The first-order valence-corrected chi connectivity index (χ1v) is 11.7. The van der Waals surface area contributed by atoms with Crippen LogP contribution in [0.2, 0.25) is 0 Å². The number of alkyl halides is 3. The number of aromatic nitrogens is 3. The van der Waals surface area contributed by atoms with E-state index in [9.17, 15) is 18.3 Å². The number of halogens is 3. The van der Waals surface area contributed by atoms with Crippen molar-refractivity contribution in [2.45, 2.75) is 57.0 Å². The van der Waals surface area contributed by atoms with Crippen LogP contribution in [0.4, 0.5) is 19.1 Å². The van der Waals surface area contributed by atoms with Gasteiger partial charge in [0.05, 0.1) is 11.6 Å². The van der Waals surface area contributed by atoms with E-state index in [2.05, 4.69) is 38.8 Å². The molecule has 0 amide bonds. The maximum Gasteiger partial charge on any atom is 0.433 e. The molecule has 0 saturated carbocycles. The van der Waals surface area contributed by atoms with E-state index in [0.29, 0.717) is 13.1 Å². The number of benzene rings is 1. The van der Waals surface area contributed by atoms with Gasteiger partial charge < -0.3 is 14.6 Å². The summed E-state index contributed by atoms with van der Waals surface area (Å²) in [5.41, 5.74) is -0.946. The highest BCUT2D eigenvalue weighted by atomic mass is 32.2. The average Bonchev–Trinajstić information content (AvgIpc) is 3.08. The molecule has 3 aromatic rings. The van der Waals surface area contributed by atoms with Crippen molar-refractivity contribution in [3.63, 3.8) is 0 Å². The molecule has 0 bridgehead atoms. The van der Waals surface area contributed by atoms with Crippen molar-refractivity contribution in [1.29, 1.82) is 0 Å². The first kappa shape index (κ1) is 22.9. The summed E-state index contributed by atoms with van der Waals surface area (Å²) in [6, 6.07) is 8.27. The summed E-state index contributed by atoms with van der Waals surface area (Å²) in [5.74, 6) is 0.149. The van der Waals surface area contributed by atoms with Gasteiger partial charge in [0.1, 0.15) is 0 Å². The van der Waals surface area contributed by atoms with Gasteiger partial charge in [-0.15, -0.1) is 11.8 Å². The van der Waals surface area contributed by atoms with Crippen LogP contribution in [0.5, 0.6) is 0 Å². The van der Waals surface area contributed by atoms with Gasteiger partial charge in [0.2, 0.25) is 5.95 Å². The summed E-state index contributed by atoms with van der Waals surface area (Å²) in [6.45, 7) is 7.82. The van der Waals surface area contributed by atoms with Gasteiger partial charge >= 0.3 is 6.18 Å². The molecule has 2 aromatic heterocycles. The summed E-state index contributed by atoms with van der Waals surface area (Å²) >= 11 is 1.68. The zero-order valence-electron chi connectivity index (χ0n) is 18.7. The van der Waals surface area contributed by atoms with Gasteiger partial charge in [-0.25, -0.2) is 9.97 Å². The molecular weight excluding hydrogens is 437 g/mol. The normalized spacial score (nSPS) is 17.3. The Labute approximate surface area is 189 Å². The molecule has 9 heteroatoms. The van der Waals surface area contributed by atoms with Gasteiger partial charge in [-0.1, -0.05) is 19.9 Å². The van der Waals surface area contributed by atoms with Gasteiger partial charge in [-0.2, -0.15) is 13.2 Å². The smallest absolute Gasteiger partial charge is 0.386 e. The number of anilines is 1. The SMILES string of the molecule is CSc1ccc2cc3n(c2c1)CCN(c1ncc(C(C)(C)O)c(C(F)(F)F)n1)C3C(C)C. The maximum atomic E-state index is 13.8. The van der Waals surface area contributed by atoms with Gasteiger partial charge in [0.15, 0.2) is 5.69 Å². The fourth-order valence-electron chi connectivity index (χ4n) is 4.48. The maximum absolute atomic E-state index is 13.8. The van der Waals surface area contributed by atoms with Crippen molar-refractivity contribution in [2.75, 3.05) is 17.7 Å². The Morgan fingerprint density at radius 3 is 2.47 bits per heavy atom. The Balaban J connectivity index is 1.83. The molecule has 3 heterocycles. The van der Waals surface area contributed by atoms with Gasteiger partial charge in [0, 0.05) is 46.3 Å². The lowest BCUT2D eigenvalue weighted by atomic mass is 9.96. The number of hydrogen-bond donors (Lipinski definition) is 1. The zero-order valence-corrected chi connectivity index (χ0v) is 19.6. The third kappa shape index (κ3) is 3.96. The second-order valence-corrected chi connectivity index (χ2v) is 9.90. The highest BCUT2D eigenvalue weighted by molar-refractivity contribution is 7.98. The molecule has 1 aliphatic rings. The predicted molar refractivity (Wildman–Crippen MR) is 121 cm³/mol. The first-order valence-electron chi connectivity index (χ1n) is 10.5. The lowest BCUT2D eigenvalue weighted by molar-refractivity contribution is -0.144. The molecule has 0 saturated heterocycles. The Bertz CT molecular complexity index is 1150. The standard InChI is InChI=1S/C23H27F3N4OS/c1-13(2)19-18-10-14-6-7-15(32-5)11-17(14)29(18)8-9-30(19)21-27-12-16(22(3,4)31)20(28-21)23(24,25)26/h6-7,10-13,19,31H,8-9H2,1-5H3. The van der Waals surface area contributed by atoms with E-state index in [1.807, 2.05) is 25.0 Å². The lowest BCUT2D eigenvalue weighted by Gasteiger charge is -2.40. The molecule has 1 N–H and O–H groups in total. The van der Waals surface area contributed by atoms with E-state index in [-0.39, 0.29) is 23.5 Å². The topological polar surface area (TPSA) is 54.2 Å². The minimum atomic E-state index is -4.70. The molecule has 32 heavy (non-hydrogen) atoms. The molecule has 1 unspecified atom stereocenters. The molecule has 0 radical (unpaired) electrons. The van der Waals surface area contributed by atoms with Gasteiger partial charge in [-0.3, -0.25) is 0 Å². The summed E-state index contributed by atoms with van der Waals surface area (Å²) < 4.78 is 43.7. The minimum absolute atomic E-state index is 0.0327. The number of hydrogen-bond acceptors (Lipinski definition) is 5. The van der Waals surface area contributed by atoms with Crippen molar-refractivity contribution in [3.05, 3.63) is 47.4 Å². The van der Waals surface area contributed by atoms with E-state index < -0.39 is 17.5 Å². The predicted octanol–water partition coefficient (Wildman–Crippen LogP) is 5.62. The number of rotatable bonds is 4. The Hall–Kier alpha value is -2.26. The van der Waals surface area contributed by atoms with Crippen molar-refractivity contribution in [1.82, 2.24) is 14.5 Å². The number of aliphatic hydroxyl groups is 1. The van der Waals surface area contributed by atoms with E-state index in [4.69, 9.17) is 0 Å². The summed E-state index contributed by atoms with van der Waals surface area (Å²) in [4.78, 5) is 11.2. The number of thioether (sulfide) groups is 1. The molecule has 0 spiro atoms. The van der Waals surface area contributed by atoms with Crippen molar-refractivity contribution >= 4 is 28.6 Å². The summed E-state index contributed by atoms with van der Waals surface area (Å²) in [5, 5.41) is 11.3. The fraction of sp³-hybridized carbons (Fsp3) is 0.478. The van der Waals surface area contributed by atoms with Crippen LogP contribution < -0.4 is 4.90 Å². The number of fused-ring (bicyclic) bond motifs is 3. The second-order valence-electron chi connectivity index (χ2n) is 9.02. The Kier molecular flexibility index (Phi) is 5.69. The van der Waals surface area contributed by atoms with Crippen LogP contribution in [-0.2, 0) is 18.3 Å². The molecule has 1 aliphatic heterocycles. The minimum Gasteiger partial charge on any atom is -0.386 e. The Morgan fingerprint density at radius 2 is 1.88 bits per heavy atom. The van der Waals surface area contributed by atoms with Crippen LogP contribution in [0, 0.1) is 5.92 Å². The summed E-state index contributed by atoms with van der Waals surface area (Å²) in [7, 11) is 0. The average molecular weight is 465 g/mol. The molecule has 1 atom stereocenters. The van der Waals surface area contributed by atoms with E-state index in [1.165, 1.54) is 18.7 Å². The quantitative estimate of drug-likeness (QED) is 0.508. The van der Waals surface area contributed by atoms with Gasteiger partial charge in [0.25, 0.3) is 0 Å². The van der Waals surface area contributed by atoms with Gasteiger partial charge in [-0.05, 0) is 44.2 Å². The third-order valence-corrected chi connectivity index (χ3v) is 6.66. The molecule has 172 valence electrons. The molecule has 1 aromatic carbocycles. The highest BCUT2D eigenvalue weighted by Gasteiger charge is 2.41. The molecule has 4 rings (SSSR count). The molecule has 0 aliphatic carbocycles. The third-order valence-electron chi connectivity index (χ3n) is 5.94. The first-order chi connectivity index (χ1) is 14.9. The largest absolute Gasteiger partial charge is 0.433 e. The highest BCUT2D eigenvalue weighted by Crippen LogP contribution is 2.41. The van der Waals surface area contributed by atoms with Crippen molar-refractivity contribution < 1.29 is 18.3 Å². The fourth-order valence-corrected chi connectivity index (χ4v) is 4.92. The molecule has 5 nitrogen and oxygen atoms in total. The van der Waals surface area contributed by atoms with Crippen LogP contribution in [0.25, 0.3) is 10.9 Å². The number of nitrogens with zero attached hydrogens (tertiary/aromatic N) is 4. The lowest BCUT2D eigenvalue weighted by Crippen LogP contribution is -2.42. The van der Waals surface area contributed by atoms with E-state index in [1.54, 1.807) is 11.8 Å². The van der Waals surface area contributed by atoms with Crippen molar-refractivity contribution in [3.8, 4) is 0 Å². The van der Waals surface area contributed by atoms with E-state index in [0.717, 1.165) is 22.8 Å². The van der Waals surface area contributed by atoms with Crippen LogP contribution in [-0.4, -0.2) is 32.4 Å². The molecular formula is C23H27F3N4OS. The van der Waals surface area contributed by atoms with Crippen LogP contribution in [0.15, 0.2) is 35.4 Å². The van der Waals surface area contributed by atoms with Crippen molar-refractivity contribution in [2.24, 2.45) is 5.92 Å². The van der Waals surface area contributed by atoms with Crippen LogP contribution in [0.1, 0.15) is 50.7 Å². The summed E-state index contributed by atoms with van der Waals surface area (Å²) in [6.07, 6.45) is -1.55. The van der Waals surface area contributed by atoms with Crippen LogP contribution in [0.3, 0.4) is 0 Å². The zero-order chi connectivity index (χ0) is 23.4. The molecule has 0 fully saturated rings. The van der Waals surface area contributed by atoms with Crippen LogP contribution >= 0.6 is 11.8 Å². The monoisotopic (exact) mass is 464 g/mol.